The largest absolute Gasteiger partial charge is 0.365 e. The molecule has 0 saturated carbocycles. The fourth-order valence-electron chi connectivity index (χ4n) is 2.10. The van der Waals surface area contributed by atoms with Crippen LogP contribution in [-0.4, -0.2) is 10.5 Å². The Kier molecular flexibility index (Phi) is 3.34. The second-order valence-corrected chi connectivity index (χ2v) is 5.60. The van der Waals surface area contributed by atoms with E-state index in [1.807, 2.05) is 58.7 Å². The highest BCUT2D eigenvalue weighted by molar-refractivity contribution is 7.13. The summed E-state index contributed by atoms with van der Waals surface area (Å²) in [5.74, 6) is -0.418. The number of nitrogens with zero attached hydrogens (tertiary/aromatic N) is 1. The summed E-state index contributed by atoms with van der Waals surface area (Å²) in [6.45, 7) is 0. The SMILES string of the molecule is NC(=O)c1scc(-c2ccc(Cl)cc2)c1-n1cccc1. The molecule has 1 aromatic carbocycles. The van der Waals surface area contributed by atoms with Gasteiger partial charge >= 0.3 is 0 Å². The molecule has 0 saturated heterocycles. The number of hydrogen-bond acceptors (Lipinski definition) is 2. The summed E-state index contributed by atoms with van der Waals surface area (Å²) in [5, 5.41) is 2.63. The molecule has 0 unspecified atom stereocenters. The molecule has 0 aliphatic carbocycles. The first-order valence-corrected chi connectivity index (χ1v) is 7.23. The van der Waals surface area contributed by atoms with Gasteiger partial charge in [0.1, 0.15) is 4.88 Å². The molecule has 0 bridgehead atoms. The summed E-state index contributed by atoms with van der Waals surface area (Å²) in [5.41, 5.74) is 8.26. The standard InChI is InChI=1S/C15H11ClN2OS/c16-11-5-3-10(4-6-11)12-9-20-14(15(17)19)13(12)18-7-1-2-8-18/h1-9H,(H2,17,19). The van der Waals surface area contributed by atoms with Crippen LogP contribution in [-0.2, 0) is 0 Å². The van der Waals surface area contributed by atoms with Gasteiger partial charge in [0.15, 0.2) is 0 Å². The van der Waals surface area contributed by atoms with Crippen LogP contribution in [0.5, 0.6) is 0 Å². The molecule has 0 spiro atoms. The number of nitrogens with two attached hydrogens (primary N) is 1. The number of carbonyl (C=O) groups excluding carboxylic acids is 1. The van der Waals surface area contributed by atoms with Crippen molar-refractivity contribution < 1.29 is 4.79 Å². The lowest BCUT2D eigenvalue weighted by molar-refractivity contribution is 0.100. The van der Waals surface area contributed by atoms with Gasteiger partial charge in [-0.3, -0.25) is 4.79 Å². The van der Waals surface area contributed by atoms with E-state index in [9.17, 15) is 4.79 Å². The van der Waals surface area contributed by atoms with E-state index in [-0.39, 0.29) is 0 Å². The Morgan fingerprint density at radius 3 is 2.40 bits per heavy atom. The average Bonchev–Trinajstić information content (AvgIpc) is 3.08. The minimum absolute atomic E-state index is 0.418. The monoisotopic (exact) mass is 302 g/mol. The lowest BCUT2D eigenvalue weighted by Gasteiger charge is -2.08. The number of amides is 1. The van der Waals surface area contributed by atoms with Crippen molar-refractivity contribution in [3.63, 3.8) is 0 Å². The molecule has 2 heterocycles. The fourth-order valence-corrected chi connectivity index (χ4v) is 3.15. The van der Waals surface area contributed by atoms with E-state index < -0.39 is 5.91 Å². The molecule has 1 amide bonds. The quantitative estimate of drug-likeness (QED) is 0.782. The maximum Gasteiger partial charge on any atom is 0.260 e. The van der Waals surface area contributed by atoms with Crippen LogP contribution in [0.2, 0.25) is 5.02 Å². The third-order valence-corrected chi connectivity index (χ3v) is 4.24. The predicted molar refractivity (Wildman–Crippen MR) is 82.6 cm³/mol. The minimum atomic E-state index is -0.418. The number of benzene rings is 1. The van der Waals surface area contributed by atoms with E-state index in [1.165, 1.54) is 11.3 Å². The summed E-state index contributed by atoms with van der Waals surface area (Å²) < 4.78 is 1.90. The fraction of sp³-hybridized carbons (Fsp3) is 0. The zero-order valence-corrected chi connectivity index (χ0v) is 12.0. The van der Waals surface area contributed by atoms with Gasteiger partial charge in [-0.05, 0) is 29.8 Å². The zero-order chi connectivity index (χ0) is 14.1. The van der Waals surface area contributed by atoms with Crippen molar-refractivity contribution in [1.82, 2.24) is 4.57 Å². The molecule has 3 nitrogen and oxygen atoms in total. The molecular formula is C15H11ClN2OS. The second-order valence-electron chi connectivity index (χ2n) is 4.29. The summed E-state index contributed by atoms with van der Waals surface area (Å²) >= 11 is 7.27. The Morgan fingerprint density at radius 1 is 1.15 bits per heavy atom. The molecule has 3 aromatic rings. The van der Waals surface area contributed by atoms with Crippen molar-refractivity contribution in [2.24, 2.45) is 5.73 Å². The van der Waals surface area contributed by atoms with Gasteiger partial charge in [-0.25, -0.2) is 0 Å². The molecular weight excluding hydrogens is 292 g/mol. The van der Waals surface area contributed by atoms with E-state index >= 15 is 0 Å². The summed E-state index contributed by atoms with van der Waals surface area (Å²) in [4.78, 5) is 12.2. The Morgan fingerprint density at radius 2 is 1.80 bits per heavy atom. The van der Waals surface area contributed by atoms with E-state index in [4.69, 9.17) is 17.3 Å². The summed E-state index contributed by atoms with van der Waals surface area (Å²) in [7, 11) is 0. The van der Waals surface area contributed by atoms with Gasteiger partial charge in [-0.1, -0.05) is 23.7 Å². The zero-order valence-electron chi connectivity index (χ0n) is 10.4. The van der Waals surface area contributed by atoms with Gasteiger partial charge < -0.3 is 10.3 Å². The molecule has 5 heteroatoms. The molecule has 0 atom stereocenters. The van der Waals surface area contributed by atoms with Crippen LogP contribution in [0.1, 0.15) is 9.67 Å². The summed E-state index contributed by atoms with van der Waals surface area (Å²) in [6, 6.07) is 11.3. The number of rotatable bonds is 3. The Bertz CT molecular complexity index is 745. The van der Waals surface area contributed by atoms with Gasteiger partial charge in [-0.2, -0.15) is 0 Å². The second kappa shape index (κ2) is 5.15. The Labute approximate surface area is 125 Å². The summed E-state index contributed by atoms with van der Waals surface area (Å²) in [6.07, 6.45) is 3.79. The van der Waals surface area contributed by atoms with E-state index in [0.29, 0.717) is 9.90 Å². The maximum absolute atomic E-state index is 11.6. The Balaban J connectivity index is 2.21. The van der Waals surface area contributed by atoms with Crippen molar-refractivity contribution in [2.45, 2.75) is 0 Å². The van der Waals surface area contributed by atoms with Gasteiger partial charge in [0.05, 0.1) is 5.69 Å². The number of halogens is 1. The van der Waals surface area contributed by atoms with Crippen molar-refractivity contribution in [3.8, 4) is 16.8 Å². The maximum atomic E-state index is 11.6. The van der Waals surface area contributed by atoms with E-state index in [2.05, 4.69) is 0 Å². The highest BCUT2D eigenvalue weighted by Crippen LogP contribution is 2.35. The normalized spacial score (nSPS) is 10.7. The van der Waals surface area contributed by atoms with Crippen LogP contribution in [0.4, 0.5) is 0 Å². The third-order valence-electron chi connectivity index (χ3n) is 3.01. The van der Waals surface area contributed by atoms with Crippen LogP contribution in [0.15, 0.2) is 54.2 Å². The predicted octanol–water partition coefficient (Wildman–Crippen LogP) is 3.96. The molecule has 0 aliphatic rings. The van der Waals surface area contributed by atoms with Gasteiger partial charge in [-0.15, -0.1) is 11.3 Å². The van der Waals surface area contributed by atoms with Gasteiger partial charge in [0.25, 0.3) is 5.91 Å². The molecule has 100 valence electrons. The first kappa shape index (κ1) is 13.0. The van der Waals surface area contributed by atoms with Crippen LogP contribution < -0.4 is 5.73 Å². The molecule has 0 fully saturated rings. The van der Waals surface area contributed by atoms with Gasteiger partial charge in [0.2, 0.25) is 0 Å². The van der Waals surface area contributed by atoms with E-state index in [0.717, 1.165) is 16.8 Å². The van der Waals surface area contributed by atoms with Crippen LogP contribution in [0.3, 0.4) is 0 Å². The average molecular weight is 303 g/mol. The minimum Gasteiger partial charge on any atom is -0.365 e. The van der Waals surface area contributed by atoms with Crippen LogP contribution in [0.25, 0.3) is 16.8 Å². The highest BCUT2D eigenvalue weighted by atomic mass is 35.5. The number of aromatic nitrogens is 1. The van der Waals surface area contributed by atoms with Crippen molar-refractivity contribution in [3.05, 3.63) is 64.1 Å². The topological polar surface area (TPSA) is 48.0 Å². The highest BCUT2D eigenvalue weighted by Gasteiger charge is 2.18. The molecule has 2 aromatic heterocycles. The Hall–Kier alpha value is -2.04. The van der Waals surface area contributed by atoms with Gasteiger partial charge in [0, 0.05) is 28.4 Å². The molecule has 0 radical (unpaired) electrons. The van der Waals surface area contributed by atoms with E-state index in [1.54, 1.807) is 0 Å². The first-order chi connectivity index (χ1) is 9.66. The number of carbonyl (C=O) groups is 1. The van der Waals surface area contributed by atoms with Crippen molar-refractivity contribution in [2.75, 3.05) is 0 Å². The number of hydrogen-bond donors (Lipinski definition) is 1. The third kappa shape index (κ3) is 2.24. The van der Waals surface area contributed by atoms with Crippen molar-refractivity contribution in [1.29, 1.82) is 0 Å². The molecule has 2 N–H and O–H groups in total. The first-order valence-electron chi connectivity index (χ1n) is 5.97. The lowest BCUT2D eigenvalue weighted by atomic mass is 10.1. The van der Waals surface area contributed by atoms with Crippen LogP contribution >= 0.6 is 22.9 Å². The smallest absolute Gasteiger partial charge is 0.260 e. The number of thiophene rings is 1. The molecule has 0 aliphatic heterocycles. The number of primary amides is 1. The lowest BCUT2D eigenvalue weighted by Crippen LogP contribution is -2.12. The van der Waals surface area contributed by atoms with Crippen LogP contribution in [0, 0.1) is 0 Å². The van der Waals surface area contributed by atoms with Crippen molar-refractivity contribution >= 4 is 28.8 Å². The molecule has 20 heavy (non-hydrogen) atoms. The molecule has 3 rings (SSSR count).